The molecule has 0 saturated carbocycles. The summed E-state index contributed by atoms with van der Waals surface area (Å²) in [5.41, 5.74) is 6.02. The summed E-state index contributed by atoms with van der Waals surface area (Å²) in [6.45, 7) is 6.23. The first-order valence-corrected chi connectivity index (χ1v) is 10.7. The number of benzene rings is 1. The molecule has 5 heterocycles. The molecule has 0 spiro atoms. The van der Waals surface area contributed by atoms with Crippen LogP contribution in [0.1, 0.15) is 25.5 Å². The highest BCUT2D eigenvalue weighted by atomic mass is 16.5. The number of aryl methyl sites for hydroxylation is 1. The van der Waals surface area contributed by atoms with E-state index in [4.69, 9.17) is 14.5 Å². The van der Waals surface area contributed by atoms with Gasteiger partial charge in [-0.25, -0.2) is 14.6 Å². The molecule has 33 heavy (non-hydrogen) atoms. The summed E-state index contributed by atoms with van der Waals surface area (Å²) in [5, 5.41) is 9.66. The first kappa shape index (κ1) is 19.3. The highest BCUT2D eigenvalue weighted by molar-refractivity contribution is 5.93. The van der Waals surface area contributed by atoms with Gasteiger partial charge in [0.15, 0.2) is 11.3 Å². The number of hydrogen-bond donors (Lipinski definition) is 0. The highest BCUT2D eigenvalue weighted by Gasteiger charge is 2.20. The summed E-state index contributed by atoms with van der Waals surface area (Å²) >= 11 is 0. The number of pyridine rings is 1. The molecular formula is C24H20N8O. The Morgan fingerprint density at radius 2 is 1.85 bits per heavy atom. The van der Waals surface area contributed by atoms with Crippen LogP contribution in [0.25, 0.3) is 50.9 Å². The van der Waals surface area contributed by atoms with E-state index in [0.29, 0.717) is 17.4 Å². The molecule has 0 saturated heterocycles. The smallest absolute Gasteiger partial charge is 0.259 e. The van der Waals surface area contributed by atoms with Gasteiger partial charge in [-0.1, -0.05) is 35.0 Å². The van der Waals surface area contributed by atoms with Gasteiger partial charge in [-0.2, -0.15) is 10.1 Å². The van der Waals surface area contributed by atoms with Crippen molar-refractivity contribution >= 4 is 16.7 Å². The number of hydrogen-bond acceptors (Lipinski definition) is 7. The summed E-state index contributed by atoms with van der Waals surface area (Å²) < 4.78 is 9.51. The number of fused-ring (bicyclic) bond motifs is 2. The lowest BCUT2D eigenvalue weighted by Crippen LogP contribution is -2.04. The second kappa shape index (κ2) is 7.33. The minimum Gasteiger partial charge on any atom is -0.334 e. The van der Waals surface area contributed by atoms with Crippen molar-refractivity contribution in [3.63, 3.8) is 0 Å². The molecule has 0 aliphatic carbocycles. The molecule has 0 N–H and O–H groups in total. The van der Waals surface area contributed by atoms with E-state index in [1.807, 2.05) is 21.3 Å². The molecule has 0 aliphatic heterocycles. The van der Waals surface area contributed by atoms with Gasteiger partial charge in [0.1, 0.15) is 5.69 Å². The molecule has 0 radical (unpaired) electrons. The van der Waals surface area contributed by atoms with E-state index >= 15 is 0 Å². The van der Waals surface area contributed by atoms with Gasteiger partial charge in [0, 0.05) is 24.0 Å². The van der Waals surface area contributed by atoms with E-state index in [0.717, 1.165) is 33.5 Å². The summed E-state index contributed by atoms with van der Waals surface area (Å²) in [7, 11) is 0. The second-order valence-electron chi connectivity index (χ2n) is 8.21. The van der Waals surface area contributed by atoms with Crippen LogP contribution in [0.5, 0.6) is 0 Å². The molecule has 9 heteroatoms. The predicted octanol–water partition coefficient (Wildman–Crippen LogP) is 4.75. The zero-order chi connectivity index (χ0) is 22.5. The summed E-state index contributed by atoms with van der Waals surface area (Å²) in [4.78, 5) is 18.1. The van der Waals surface area contributed by atoms with E-state index in [1.165, 1.54) is 5.56 Å². The molecule has 0 bridgehead atoms. The topological polar surface area (TPSA) is 99.8 Å². The molecule has 5 aromatic heterocycles. The molecule has 0 amide bonds. The van der Waals surface area contributed by atoms with Crippen LogP contribution in [-0.4, -0.2) is 39.3 Å². The molecular weight excluding hydrogens is 416 g/mol. The largest absolute Gasteiger partial charge is 0.334 e. The van der Waals surface area contributed by atoms with E-state index in [2.05, 4.69) is 65.3 Å². The summed E-state index contributed by atoms with van der Waals surface area (Å²) in [5.74, 6) is 0.847. The van der Waals surface area contributed by atoms with Crippen LogP contribution >= 0.6 is 0 Å². The average molecular weight is 436 g/mol. The third kappa shape index (κ3) is 3.16. The number of aromatic nitrogens is 8. The van der Waals surface area contributed by atoms with Crippen molar-refractivity contribution in [2.45, 2.75) is 26.8 Å². The van der Waals surface area contributed by atoms with Crippen LogP contribution in [0.4, 0.5) is 0 Å². The van der Waals surface area contributed by atoms with Gasteiger partial charge in [-0.15, -0.1) is 0 Å². The Morgan fingerprint density at radius 3 is 2.67 bits per heavy atom. The van der Waals surface area contributed by atoms with Crippen molar-refractivity contribution in [2.24, 2.45) is 0 Å². The normalized spacial score (nSPS) is 11.8. The quantitative estimate of drug-likeness (QED) is 0.393. The fourth-order valence-corrected chi connectivity index (χ4v) is 3.89. The number of imidazole rings is 1. The highest BCUT2D eigenvalue weighted by Crippen LogP contribution is 2.33. The standard InChI is InChI=1S/C24H20N8O/c1-14(2)32-23-18(11-27-32)17(10-19(28-23)16-6-4-15(3)5-7-16)24-29-22(30-33-24)20-12-26-21-13-25-8-9-31(20)21/h4-14H,1-3H3. The Bertz CT molecular complexity index is 1610. The lowest BCUT2D eigenvalue weighted by molar-refractivity contribution is 0.432. The van der Waals surface area contributed by atoms with Crippen LogP contribution in [0.2, 0.25) is 0 Å². The van der Waals surface area contributed by atoms with Crippen molar-refractivity contribution in [3.05, 3.63) is 66.9 Å². The first-order chi connectivity index (χ1) is 16.1. The zero-order valence-electron chi connectivity index (χ0n) is 18.3. The Hall–Kier alpha value is -4.40. The lowest BCUT2D eigenvalue weighted by Gasteiger charge is -2.09. The van der Waals surface area contributed by atoms with E-state index in [9.17, 15) is 0 Å². The molecule has 0 aliphatic rings. The third-order valence-corrected chi connectivity index (χ3v) is 5.61. The lowest BCUT2D eigenvalue weighted by atomic mass is 10.1. The molecule has 0 unspecified atom stereocenters. The van der Waals surface area contributed by atoms with Gasteiger partial charge in [0.2, 0.25) is 5.82 Å². The van der Waals surface area contributed by atoms with Crippen molar-refractivity contribution in [1.29, 1.82) is 0 Å². The Labute approximate surface area is 188 Å². The first-order valence-electron chi connectivity index (χ1n) is 10.7. The van der Waals surface area contributed by atoms with Gasteiger partial charge >= 0.3 is 0 Å². The predicted molar refractivity (Wildman–Crippen MR) is 123 cm³/mol. The maximum absolute atomic E-state index is 5.73. The summed E-state index contributed by atoms with van der Waals surface area (Å²) in [6.07, 6.45) is 8.72. The minimum absolute atomic E-state index is 0.154. The van der Waals surface area contributed by atoms with Crippen LogP contribution in [0.3, 0.4) is 0 Å². The number of nitrogens with zero attached hydrogens (tertiary/aromatic N) is 8. The maximum atomic E-state index is 5.73. The van der Waals surface area contributed by atoms with Gasteiger partial charge in [-0.3, -0.25) is 9.38 Å². The van der Waals surface area contributed by atoms with Gasteiger partial charge in [0.25, 0.3) is 5.89 Å². The fraction of sp³-hybridized carbons (Fsp3) is 0.167. The van der Waals surface area contributed by atoms with E-state index in [1.54, 1.807) is 24.8 Å². The van der Waals surface area contributed by atoms with E-state index < -0.39 is 0 Å². The molecule has 162 valence electrons. The average Bonchev–Trinajstić information content (AvgIpc) is 3.56. The Kier molecular flexibility index (Phi) is 4.29. The number of rotatable bonds is 4. The molecule has 0 fully saturated rings. The van der Waals surface area contributed by atoms with Crippen LogP contribution in [0.15, 0.2) is 65.8 Å². The van der Waals surface area contributed by atoms with Crippen LogP contribution in [-0.2, 0) is 0 Å². The van der Waals surface area contributed by atoms with Crippen molar-refractivity contribution in [1.82, 2.24) is 39.3 Å². The fourth-order valence-electron chi connectivity index (χ4n) is 3.89. The monoisotopic (exact) mass is 436 g/mol. The maximum Gasteiger partial charge on any atom is 0.259 e. The Balaban J connectivity index is 1.54. The molecule has 6 rings (SSSR count). The summed E-state index contributed by atoms with van der Waals surface area (Å²) in [6, 6.07) is 10.4. The van der Waals surface area contributed by atoms with Gasteiger partial charge in [-0.05, 0) is 26.8 Å². The molecule has 9 nitrogen and oxygen atoms in total. The van der Waals surface area contributed by atoms with Crippen LogP contribution in [0, 0.1) is 6.92 Å². The van der Waals surface area contributed by atoms with Crippen molar-refractivity contribution in [2.75, 3.05) is 0 Å². The van der Waals surface area contributed by atoms with Crippen molar-refractivity contribution in [3.8, 4) is 34.2 Å². The van der Waals surface area contributed by atoms with Gasteiger partial charge in [0.05, 0.1) is 35.2 Å². The molecule has 1 aromatic carbocycles. The van der Waals surface area contributed by atoms with Crippen molar-refractivity contribution < 1.29 is 4.52 Å². The SMILES string of the molecule is Cc1ccc(-c2cc(-c3nc(-c4cnc5cnccn45)no3)c3cnn(C(C)C)c3n2)cc1. The zero-order valence-corrected chi connectivity index (χ0v) is 18.3. The van der Waals surface area contributed by atoms with Gasteiger partial charge < -0.3 is 4.52 Å². The third-order valence-electron chi connectivity index (χ3n) is 5.61. The van der Waals surface area contributed by atoms with E-state index in [-0.39, 0.29) is 6.04 Å². The molecule has 6 aromatic rings. The minimum atomic E-state index is 0.154. The van der Waals surface area contributed by atoms with Crippen LogP contribution < -0.4 is 0 Å². The second-order valence-corrected chi connectivity index (χ2v) is 8.21. The molecule has 0 atom stereocenters. The Morgan fingerprint density at radius 1 is 1.00 bits per heavy atom.